The number of dihydropyridines is 1. The van der Waals surface area contributed by atoms with Gasteiger partial charge in [0.2, 0.25) is 0 Å². The van der Waals surface area contributed by atoms with Gasteiger partial charge in [0, 0.05) is 28.7 Å². The lowest BCUT2D eigenvalue weighted by molar-refractivity contribution is -0.120. The molecule has 1 aromatic rings. The molecule has 2 heterocycles. The number of Topliss-reactive ketones (excluding diaryl/α,β-unsaturated/α-hetero) is 1. The first-order valence-electron chi connectivity index (χ1n) is 8.98. The molecule has 0 aromatic heterocycles. The molecule has 0 unspecified atom stereocenters. The molecule has 2 bridgehead atoms. The monoisotopic (exact) mass is 319 g/mol. The van der Waals surface area contributed by atoms with Crippen LogP contribution in [0.4, 0.5) is 0 Å². The van der Waals surface area contributed by atoms with Crippen LogP contribution in [0.2, 0.25) is 0 Å². The Morgan fingerprint density at radius 1 is 1.21 bits per heavy atom. The molecule has 5 rings (SSSR count). The number of nitrogens with one attached hydrogen (secondary N) is 1. The minimum atomic E-state index is -0.362. The summed E-state index contributed by atoms with van der Waals surface area (Å²) in [5.41, 5.74) is 4.17. The summed E-state index contributed by atoms with van der Waals surface area (Å²) in [6.07, 6.45) is 4.00. The van der Waals surface area contributed by atoms with Gasteiger partial charge < -0.3 is 5.32 Å². The van der Waals surface area contributed by atoms with Crippen LogP contribution in [-0.4, -0.2) is 12.3 Å². The van der Waals surface area contributed by atoms with Gasteiger partial charge in [0.05, 0.1) is 12.0 Å². The third-order valence-corrected chi connectivity index (χ3v) is 6.40. The van der Waals surface area contributed by atoms with Crippen molar-refractivity contribution < 1.29 is 4.79 Å². The average Bonchev–Trinajstić information content (AvgIpc) is 3.27. The fourth-order valence-electron chi connectivity index (χ4n) is 5.29. The van der Waals surface area contributed by atoms with E-state index in [4.69, 9.17) is 0 Å². The summed E-state index contributed by atoms with van der Waals surface area (Å²) < 4.78 is 0. The van der Waals surface area contributed by atoms with Gasteiger partial charge in [-0.1, -0.05) is 37.3 Å². The lowest BCUT2D eigenvalue weighted by Gasteiger charge is -2.44. The zero-order chi connectivity index (χ0) is 16.3. The Labute approximate surface area is 141 Å². The normalized spacial score (nSPS) is 33.6. The molecule has 0 amide bonds. The van der Waals surface area contributed by atoms with E-state index in [9.17, 15) is 4.79 Å². The molecule has 4 nitrogen and oxygen atoms in total. The molecule has 24 heavy (non-hydrogen) atoms. The number of fused-ring (bicyclic) bond motifs is 3. The van der Waals surface area contributed by atoms with E-state index >= 15 is 0 Å². The second kappa shape index (κ2) is 4.88. The standard InChI is InChI=1S/C20H21N3O/c1-2-20(14-6-4-3-5-7-14)15-11-21-23-19(15)22-17-12-8-9-13(10-12)18(24)16(17)20/h3-7,12-13,22H,2,8-11H2,1H3/t12-,13+,20+/m0/s1. The minimum Gasteiger partial charge on any atom is -0.342 e. The number of hydrogen-bond acceptors (Lipinski definition) is 4. The molecule has 122 valence electrons. The van der Waals surface area contributed by atoms with Crippen LogP contribution in [0.3, 0.4) is 0 Å². The van der Waals surface area contributed by atoms with Crippen molar-refractivity contribution in [1.29, 1.82) is 0 Å². The molecule has 1 saturated carbocycles. The van der Waals surface area contributed by atoms with E-state index in [1.165, 1.54) is 11.1 Å². The quantitative estimate of drug-likeness (QED) is 0.899. The van der Waals surface area contributed by atoms with Crippen molar-refractivity contribution >= 4 is 5.78 Å². The lowest BCUT2D eigenvalue weighted by Crippen LogP contribution is -2.46. The topological polar surface area (TPSA) is 53.8 Å². The Hall–Kier alpha value is -2.23. The highest BCUT2D eigenvalue weighted by atomic mass is 16.1. The van der Waals surface area contributed by atoms with Crippen LogP contribution < -0.4 is 5.32 Å². The number of rotatable bonds is 2. The Morgan fingerprint density at radius 2 is 2.00 bits per heavy atom. The van der Waals surface area contributed by atoms with Gasteiger partial charge in [0.1, 0.15) is 0 Å². The smallest absolute Gasteiger partial charge is 0.164 e. The molecular weight excluding hydrogens is 298 g/mol. The van der Waals surface area contributed by atoms with Crippen molar-refractivity contribution in [3.05, 3.63) is 58.6 Å². The van der Waals surface area contributed by atoms with E-state index in [0.717, 1.165) is 42.8 Å². The highest BCUT2D eigenvalue weighted by Crippen LogP contribution is 2.55. The van der Waals surface area contributed by atoms with Gasteiger partial charge in [-0.2, -0.15) is 5.11 Å². The summed E-state index contributed by atoms with van der Waals surface area (Å²) in [7, 11) is 0. The first-order valence-corrected chi connectivity index (χ1v) is 8.98. The molecule has 1 fully saturated rings. The summed E-state index contributed by atoms with van der Waals surface area (Å²) in [6.45, 7) is 2.78. The second-order valence-corrected chi connectivity index (χ2v) is 7.34. The molecule has 2 aliphatic carbocycles. The molecule has 0 spiro atoms. The van der Waals surface area contributed by atoms with E-state index in [1.54, 1.807) is 0 Å². The fraction of sp³-hybridized carbons (Fsp3) is 0.450. The fourth-order valence-corrected chi connectivity index (χ4v) is 5.29. The first-order chi connectivity index (χ1) is 11.8. The molecular formula is C20H21N3O. The van der Waals surface area contributed by atoms with Gasteiger partial charge in [-0.05, 0) is 31.2 Å². The number of carbonyl (C=O) groups excluding carboxylic acids is 1. The Morgan fingerprint density at radius 3 is 2.79 bits per heavy atom. The van der Waals surface area contributed by atoms with Crippen molar-refractivity contribution in [2.45, 2.75) is 38.0 Å². The van der Waals surface area contributed by atoms with Crippen LogP contribution in [0, 0.1) is 11.8 Å². The Kier molecular flexibility index (Phi) is 2.88. The van der Waals surface area contributed by atoms with E-state index in [2.05, 4.69) is 46.7 Å². The zero-order valence-electron chi connectivity index (χ0n) is 13.9. The van der Waals surface area contributed by atoms with E-state index < -0.39 is 0 Å². The molecule has 0 radical (unpaired) electrons. The lowest BCUT2D eigenvalue weighted by atomic mass is 9.60. The van der Waals surface area contributed by atoms with E-state index in [0.29, 0.717) is 18.2 Å². The van der Waals surface area contributed by atoms with E-state index in [-0.39, 0.29) is 11.3 Å². The molecule has 2 aliphatic heterocycles. The van der Waals surface area contributed by atoms with Crippen molar-refractivity contribution in [3.8, 4) is 0 Å². The van der Waals surface area contributed by atoms with Crippen LogP contribution in [-0.2, 0) is 10.2 Å². The van der Waals surface area contributed by atoms with Crippen molar-refractivity contribution in [2.75, 3.05) is 6.54 Å². The van der Waals surface area contributed by atoms with Gasteiger partial charge >= 0.3 is 0 Å². The molecule has 4 heteroatoms. The predicted octanol–water partition coefficient (Wildman–Crippen LogP) is 3.87. The maximum absolute atomic E-state index is 13.4. The minimum absolute atomic E-state index is 0.211. The summed E-state index contributed by atoms with van der Waals surface area (Å²) in [5, 5.41) is 12.2. The average molecular weight is 319 g/mol. The first kappa shape index (κ1) is 14.1. The van der Waals surface area contributed by atoms with Gasteiger partial charge in [0.25, 0.3) is 0 Å². The number of allylic oxidation sites excluding steroid dienone is 2. The highest BCUT2D eigenvalue weighted by Gasteiger charge is 2.54. The number of carbonyl (C=O) groups is 1. The number of hydrogen-bond donors (Lipinski definition) is 1. The third-order valence-electron chi connectivity index (χ3n) is 6.40. The van der Waals surface area contributed by atoms with Crippen LogP contribution >= 0.6 is 0 Å². The summed E-state index contributed by atoms with van der Waals surface area (Å²) >= 11 is 0. The summed E-state index contributed by atoms with van der Waals surface area (Å²) in [6, 6.07) is 10.5. The molecule has 1 N–H and O–H groups in total. The maximum Gasteiger partial charge on any atom is 0.164 e. The Balaban J connectivity index is 1.81. The molecule has 1 aromatic carbocycles. The van der Waals surface area contributed by atoms with Crippen LogP contribution in [0.1, 0.15) is 38.2 Å². The largest absolute Gasteiger partial charge is 0.342 e. The third kappa shape index (κ3) is 1.61. The second-order valence-electron chi connectivity index (χ2n) is 7.34. The van der Waals surface area contributed by atoms with Crippen LogP contribution in [0.25, 0.3) is 0 Å². The van der Waals surface area contributed by atoms with Crippen molar-refractivity contribution in [1.82, 2.24) is 5.32 Å². The number of benzene rings is 1. The van der Waals surface area contributed by atoms with Crippen molar-refractivity contribution in [3.63, 3.8) is 0 Å². The molecule has 4 aliphatic rings. The zero-order valence-corrected chi connectivity index (χ0v) is 13.9. The number of nitrogens with zero attached hydrogens (tertiary/aromatic N) is 2. The number of azo groups is 1. The van der Waals surface area contributed by atoms with Gasteiger partial charge in [-0.15, -0.1) is 5.11 Å². The summed E-state index contributed by atoms with van der Waals surface area (Å²) in [4.78, 5) is 13.4. The maximum atomic E-state index is 13.4. The van der Waals surface area contributed by atoms with E-state index in [1.807, 2.05) is 6.07 Å². The summed E-state index contributed by atoms with van der Waals surface area (Å²) in [5.74, 6) is 1.93. The predicted molar refractivity (Wildman–Crippen MR) is 91.2 cm³/mol. The van der Waals surface area contributed by atoms with Gasteiger partial charge in [-0.25, -0.2) is 0 Å². The Bertz CT molecular complexity index is 821. The van der Waals surface area contributed by atoms with Crippen LogP contribution in [0.5, 0.6) is 0 Å². The highest BCUT2D eigenvalue weighted by molar-refractivity contribution is 6.03. The number of ketones is 1. The molecule has 0 saturated heterocycles. The van der Waals surface area contributed by atoms with Gasteiger partial charge in [0.15, 0.2) is 11.6 Å². The van der Waals surface area contributed by atoms with Crippen molar-refractivity contribution in [2.24, 2.45) is 22.1 Å². The SMILES string of the molecule is CC[C@@]1(c2ccccc2)C2=C(N=NC2)NC2=C1C(=O)[C@@H]1CC[C@H]2C1. The van der Waals surface area contributed by atoms with Crippen LogP contribution in [0.15, 0.2) is 63.2 Å². The molecule has 3 atom stereocenters. The van der Waals surface area contributed by atoms with Gasteiger partial charge in [-0.3, -0.25) is 4.79 Å².